The summed E-state index contributed by atoms with van der Waals surface area (Å²) in [6, 6.07) is 90.5. The molecule has 2 aliphatic heterocycles. The topological polar surface area (TPSA) is 12.5 Å². The van der Waals surface area contributed by atoms with Crippen LogP contribution in [0.15, 0.2) is 243 Å². The third kappa shape index (κ3) is 8.11. The number of alkyl halides is 1. The zero-order valence-electron chi connectivity index (χ0n) is 38.7. The number of hydrogen-bond acceptors (Lipinski definition) is 3. The first-order valence-electron chi connectivity index (χ1n) is 24.4. The van der Waals surface area contributed by atoms with Gasteiger partial charge in [0, 0.05) is 0 Å². The van der Waals surface area contributed by atoms with E-state index in [4.69, 9.17) is 4.74 Å². The molecule has 0 N–H and O–H groups in total. The number of nitrogens with zero attached hydrogens (tertiary/aromatic N) is 1. The first-order chi connectivity index (χ1) is 34.7. The number of rotatable bonds is 12. The molecule has 70 heavy (non-hydrogen) atoms. The fourth-order valence-electron chi connectivity index (χ4n) is 10.9. The summed E-state index contributed by atoms with van der Waals surface area (Å²) in [6.45, 7) is 0.0425. The van der Waals surface area contributed by atoms with Crippen LogP contribution in [-0.2, 0) is 19.3 Å². The normalized spacial score (nSPS) is 13.1. The molecule has 336 valence electrons. The molecule has 0 unspecified atom stereocenters. The summed E-state index contributed by atoms with van der Waals surface area (Å²) in [6.07, 6.45) is 2.90. The van der Waals surface area contributed by atoms with Gasteiger partial charge in [0.25, 0.3) is 0 Å². The molecule has 5 heteroatoms. The van der Waals surface area contributed by atoms with Crippen molar-refractivity contribution < 1.29 is 4.74 Å². The predicted molar refractivity (Wildman–Crippen MR) is 307 cm³/mol. The predicted octanol–water partition coefficient (Wildman–Crippen LogP) is 15.5. The van der Waals surface area contributed by atoms with Crippen LogP contribution in [0.5, 0.6) is 11.5 Å². The summed E-state index contributed by atoms with van der Waals surface area (Å²) in [7, 11) is 0. The molecule has 13 rings (SSSR count). The second kappa shape index (κ2) is 18.6. The van der Waals surface area contributed by atoms with Crippen molar-refractivity contribution in [2.45, 2.75) is 25.2 Å². The van der Waals surface area contributed by atoms with Crippen LogP contribution in [0.1, 0.15) is 28.2 Å². The number of aryl methyl sites for hydroxylation is 1. The molecular weight excluding hydrogens is 981 g/mol. The minimum absolute atomic E-state index is 0.0425. The maximum atomic E-state index is 7.04. The molecule has 0 saturated carbocycles. The Kier molecular flexibility index (Phi) is 11.4. The minimum atomic E-state index is -1.92. The van der Waals surface area contributed by atoms with Gasteiger partial charge in [-0.05, 0) is 23.5 Å². The average Bonchev–Trinajstić information content (AvgIpc) is 3.80. The van der Waals surface area contributed by atoms with Crippen molar-refractivity contribution in [3.8, 4) is 22.6 Å². The maximum absolute atomic E-state index is 7.04. The average molecular weight is 1030 g/mol. The number of anilines is 3. The van der Waals surface area contributed by atoms with Gasteiger partial charge in [0.05, 0.1) is 0 Å². The van der Waals surface area contributed by atoms with Crippen LogP contribution in [0.2, 0.25) is 0 Å². The molecule has 1 atom stereocenters. The summed E-state index contributed by atoms with van der Waals surface area (Å²) in [5, 5.41) is 2.75. The Morgan fingerprint density at radius 2 is 1.11 bits per heavy atom. The molecule has 0 saturated heterocycles. The van der Waals surface area contributed by atoms with Crippen molar-refractivity contribution in [3.63, 3.8) is 0 Å². The molecule has 11 aromatic rings. The Morgan fingerprint density at radius 1 is 0.457 bits per heavy atom. The van der Waals surface area contributed by atoms with Crippen molar-refractivity contribution in [2.75, 3.05) is 9.33 Å². The summed E-state index contributed by atoms with van der Waals surface area (Å²) in [5.74, 6) is 2.26. The molecule has 1 aromatic heterocycles. The number of para-hydroxylation sites is 1. The number of ether oxygens (including phenoxy) is 1. The number of hydrogen-bond donors (Lipinski definition) is 0. The molecule has 0 spiro atoms. The Morgan fingerprint density at radius 3 is 1.93 bits per heavy atom. The van der Waals surface area contributed by atoms with Gasteiger partial charge in [-0.15, -0.1) is 0 Å². The van der Waals surface area contributed by atoms with Gasteiger partial charge in [0.1, 0.15) is 0 Å². The Hall–Kier alpha value is -7.19. The van der Waals surface area contributed by atoms with Crippen molar-refractivity contribution in [1.29, 1.82) is 0 Å². The Labute approximate surface area is 422 Å². The van der Waals surface area contributed by atoms with Crippen LogP contribution in [0.3, 0.4) is 0 Å². The van der Waals surface area contributed by atoms with Crippen LogP contribution in [0.4, 0.5) is 17.1 Å². The van der Waals surface area contributed by atoms with Crippen molar-refractivity contribution >= 4 is 91.5 Å². The van der Waals surface area contributed by atoms with Gasteiger partial charge in [-0.25, -0.2) is 0 Å². The van der Waals surface area contributed by atoms with Gasteiger partial charge in [-0.3, -0.25) is 0 Å². The molecule has 2 aliphatic rings. The van der Waals surface area contributed by atoms with Gasteiger partial charge in [-0.2, -0.15) is 0 Å². The Balaban J connectivity index is 0.858. The molecule has 0 amide bonds. The molecule has 2 nitrogen and oxygen atoms in total. The molecule has 0 radical (unpaired) electrons. The fourth-order valence-corrected chi connectivity index (χ4v) is 17.7. The summed E-state index contributed by atoms with van der Waals surface area (Å²) in [4.78, 5) is 2.47. The van der Waals surface area contributed by atoms with E-state index in [9.17, 15) is 0 Å². The summed E-state index contributed by atoms with van der Waals surface area (Å²) < 4.78 is 13.9. The second-order valence-electron chi connectivity index (χ2n) is 18.6. The number of halogens is 1. The van der Waals surface area contributed by atoms with Crippen molar-refractivity contribution in [1.82, 2.24) is 0 Å². The van der Waals surface area contributed by atoms with E-state index in [-0.39, 0.29) is 6.71 Å². The number of fused-ring (bicyclic) bond motifs is 7. The van der Waals surface area contributed by atoms with E-state index in [2.05, 4.69) is 248 Å². The van der Waals surface area contributed by atoms with Gasteiger partial charge in [0.2, 0.25) is 0 Å². The summed E-state index contributed by atoms with van der Waals surface area (Å²) in [5.41, 5.74) is 15.3. The maximum Gasteiger partial charge on any atom is -0.0443 e. The van der Waals surface area contributed by atoms with E-state index in [1.54, 1.807) is 0 Å². The van der Waals surface area contributed by atoms with Crippen LogP contribution in [0.25, 0.3) is 31.3 Å². The van der Waals surface area contributed by atoms with Crippen LogP contribution in [0, 0.1) is 7.14 Å². The van der Waals surface area contributed by atoms with E-state index in [0.29, 0.717) is 5.92 Å². The minimum Gasteiger partial charge on any atom is -0.0622 e. The van der Waals surface area contributed by atoms with E-state index in [1.165, 1.54) is 88.5 Å². The molecular formula is C65H49BINOS. The zero-order chi connectivity index (χ0) is 46.4. The van der Waals surface area contributed by atoms with Gasteiger partial charge < -0.3 is 0 Å². The fraction of sp³-hybridized carbons (Fsp3) is 0.0769. The largest absolute Gasteiger partial charge is 0.0622 e. The number of thiophene rings is 1. The quantitative estimate of drug-likeness (QED) is 0.0687. The SMILES string of the molecule is c1ccc(C[C@@H](Cc2ccc3c(c2)N(c2ccccc2)c2cccc4c2B3c2ccc(CCI(c3ccc(-c5ccccc5)cc3)c3ccc5sc6ccccc6c5c3)cc2O4)c2ccccc2)cc1. The molecule has 0 bridgehead atoms. The molecule has 3 heterocycles. The zero-order valence-corrected chi connectivity index (χ0v) is 41.7. The van der Waals surface area contributed by atoms with Crippen molar-refractivity contribution in [3.05, 3.63) is 272 Å². The second-order valence-corrected chi connectivity index (χ2v) is 25.3. The standard InChI is InChI=1S/C65H49BINOS/c1-5-16-45(17-6-1)40-51(49-20-9-3-10-21-49)41-47-29-35-57-60(42-47)68(54-22-11-4-12-23-54)59-25-15-26-61-65(59)66(57)58-36-28-46(43-62(58)69-61)38-39-67(52-32-30-50(31-33-52)48-18-7-2-8-19-48)53-34-37-64-56(44-53)55-24-13-14-27-63(55)70-64/h1-37,42-44,51H,38-41H2/t51-/m0/s1. The van der Waals surface area contributed by atoms with E-state index in [0.717, 1.165) is 40.9 Å². The van der Waals surface area contributed by atoms with Gasteiger partial charge in [-0.1, -0.05) is 78.9 Å². The van der Waals surface area contributed by atoms with E-state index in [1.807, 2.05) is 11.3 Å². The monoisotopic (exact) mass is 1030 g/mol. The van der Waals surface area contributed by atoms with Gasteiger partial charge in [0.15, 0.2) is 0 Å². The van der Waals surface area contributed by atoms with Crippen LogP contribution >= 0.6 is 31.2 Å². The third-order valence-electron chi connectivity index (χ3n) is 14.3. The molecule has 0 fully saturated rings. The van der Waals surface area contributed by atoms with Gasteiger partial charge >= 0.3 is 323 Å². The van der Waals surface area contributed by atoms with E-state index < -0.39 is 19.8 Å². The Bertz CT molecular complexity index is 3650. The third-order valence-corrected chi connectivity index (χ3v) is 21.5. The summed E-state index contributed by atoms with van der Waals surface area (Å²) >= 11 is -0.0203. The molecule has 10 aromatic carbocycles. The molecule has 0 aliphatic carbocycles. The van der Waals surface area contributed by atoms with Crippen molar-refractivity contribution in [2.24, 2.45) is 0 Å². The smallest absolute Gasteiger partial charge is 0.0443 e. The van der Waals surface area contributed by atoms with Crippen LogP contribution in [-0.4, -0.2) is 11.1 Å². The van der Waals surface area contributed by atoms with E-state index >= 15 is 0 Å². The first-order valence-corrected chi connectivity index (χ1v) is 28.9. The van der Waals surface area contributed by atoms with Crippen LogP contribution < -0.4 is 26.0 Å². The first kappa shape index (κ1) is 42.9. The number of benzene rings is 10.